The maximum Gasteiger partial charge on any atom is 1.00 e. The summed E-state index contributed by atoms with van der Waals surface area (Å²) in [5.41, 5.74) is 2.17. The second-order valence-electron chi connectivity index (χ2n) is 7.13. The van der Waals surface area contributed by atoms with Gasteiger partial charge in [-0.05, 0) is 54.8 Å². The number of hydrogen-bond donors (Lipinski definition) is 0. The van der Waals surface area contributed by atoms with Crippen molar-refractivity contribution in [1.82, 2.24) is 13.9 Å². The van der Waals surface area contributed by atoms with Crippen LogP contribution in [-0.4, -0.2) is 41.3 Å². The molecule has 1 aromatic carbocycles. The standard InChI is InChI=1S/C20H20FN3O4S.K/c1-23(29(27,28)15-7-4-13(21)5-8-15)14-6-9-18-17(11-19(25)26)16-3-2-10-22-20(16)24(18)12-14;/h2-5,7-8,10,14H,6,9,11-12H2,1H3,(H,25,26);/q;+1/p-1/t14-;/m1./s1. The molecular formula is C20H19FKN3O4S. The molecule has 0 saturated carbocycles. The number of carbonyl (C=O) groups excluding carboxylic acids is 1. The second-order valence-corrected chi connectivity index (χ2v) is 9.12. The van der Waals surface area contributed by atoms with Crippen molar-refractivity contribution in [2.24, 2.45) is 0 Å². The maximum atomic E-state index is 13.2. The van der Waals surface area contributed by atoms with E-state index in [0.29, 0.717) is 30.6 Å². The zero-order valence-corrected chi connectivity index (χ0v) is 20.6. The van der Waals surface area contributed by atoms with Crippen molar-refractivity contribution >= 4 is 27.0 Å². The molecule has 152 valence electrons. The summed E-state index contributed by atoms with van der Waals surface area (Å²) in [5.74, 6) is -1.67. The number of carboxylic acid groups (broad SMARTS) is 1. The number of hydrogen-bond acceptors (Lipinski definition) is 5. The third kappa shape index (κ3) is 4.27. The number of benzene rings is 1. The largest absolute Gasteiger partial charge is 1.00 e. The summed E-state index contributed by atoms with van der Waals surface area (Å²) >= 11 is 0. The normalized spacial score (nSPS) is 16.3. The van der Waals surface area contributed by atoms with Gasteiger partial charge in [-0.3, -0.25) is 0 Å². The number of likely N-dealkylation sites (N-methyl/N-ethyl adjacent to an activating group) is 1. The summed E-state index contributed by atoms with van der Waals surface area (Å²) in [6.45, 7) is 0.354. The minimum Gasteiger partial charge on any atom is -0.550 e. The van der Waals surface area contributed by atoms with E-state index in [1.54, 1.807) is 12.3 Å². The average molecular weight is 456 g/mol. The van der Waals surface area contributed by atoms with Gasteiger partial charge in [-0.2, -0.15) is 4.31 Å². The summed E-state index contributed by atoms with van der Waals surface area (Å²) in [6.07, 6.45) is 2.47. The number of pyridine rings is 1. The molecule has 10 heteroatoms. The summed E-state index contributed by atoms with van der Waals surface area (Å²) in [7, 11) is -2.29. The molecule has 0 N–H and O–H groups in total. The Morgan fingerprint density at radius 1 is 1.30 bits per heavy atom. The van der Waals surface area contributed by atoms with Gasteiger partial charge in [0.05, 0.1) is 4.90 Å². The van der Waals surface area contributed by atoms with Crippen molar-refractivity contribution < 1.29 is 74.1 Å². The molecule has 7 nitrogen and oxygen atoms in total. The number of carbonyl (C=O) groups is 1. The van der Waals surface area contributed by atoms with Crippen LogP contribution in [-0.2, 0) is 34.2 Å². The number of nitrogens with zero attached hydrogens (tertiary/aromatic N) is 3. The van der Waals surface area contributed by atoms with Gasteiger partial charge in [-0.25, -0.2) is 17.8 Å². The average Bonchev–Trinajstić information content (AvgIpc) is 3.00. The maximum absolute atomic E-state index is 13.2. The van der Waals surface area contributed by atoms with Crippen LogP contribution >= 0.6 is 0 Å². The van der Waals surface area contributed by atoms with Gasteiger partial charge in [0.15, 0.2) is 0 Å². The number of rotatable bonds is 5. The van der Waals surface area contributed by atoms with Crippen molar-refractivity contribution in [2.45, 2.75) is 36.7 Å². The van der Waals surface area contributed by atoms with E-state index in [1.165, 1.54) is 23.5 Å². The Morgan fingerprint density at radius 3 is 2.67 bits per heavy atom. The van der Waals surface area contributed by atoms with E-state index in [1.807, 2.05) is 10.6 Å². The molecule has 0 spiro atoms. The summed E-state index contributed by atoms with van der Waals surface area (Å²) in [5, 5.41) is 12.0. The SMILES string of the molecule is CN([C@@H]1CCc2c(CC(=O)[O-])c3cccnc3n2C1)S(=O)(=O)c1ccc(F)cc1.[K+]. The first-order chi connectivity index (χ1) is 13.8. The molecule has 0 aliphatic carbocycles. The van der Waals surface area contributed by atoms with E-state index in [2.05, 4.69) is 4.98 Å². The smallest absolute Gasteiger partial charge is 0.550 e. The molecule has 0 amide bonds. The van der Waals surface area contributed by atoms with Gasteiger partial charge in [0.1, 0.15) is 11.5 Å². The van der Waals surface area contributed by atoms with Crippen LogP contribution in [0.4, 0.5) is 4.39 Å². The molecule has 3 heterocycles. The van der Waals surface area contributed by atoms with E-state index in [-0.39, 0.29) is 68.7 Å². The van der Waals surface area contributed by atoms with E-state index in [4.69, 9.17) is 0 Å². The van der Waals surface area contributed by atoms with Gasteiger partial charge in [-0.15, -0.1) is 0 Å². The van der Waals surface area contributed by atoms with Crippen LogP contribution in [0.5, 0.6) is 0 Å². The Hall–Kier alpha value is -1.14. The van der Waals surface area contributed by atoms with Gasteiger partial charge in [0, 0.05) is 49.3 Å². The van der Waals surface area contributed by atoms with E-state index >= 15 is 0 Å². The Bertz CT molecular complexity index is 1190. The van der Waals surface area contributed by atoms with Crippen LogP contribution < -0.4 is 56.5 Å². The van der Waals surface area contributed by atoms with Crippen molar-refractivity contribution in [2.75, 3.05) is 7.05 Å². The van der Waals surface area contributed by atoms with Crippen LogP contribution in [0.25, 0.3) is 11.0 Å². The molecule has 3 aromatic rings. The first-order valence-electron chi connectivity index (χ1n) is 9.17. The van der Waals surface area contributed by atoms with Gasteiger partial charge >= 0.3 is 51.4 Å². The van der Waals surface area contributed by atoms with Crippen LogP contribution in [0.3, 0.4) is 0 Å². The number of sulfonamides is 1. The fraction of sp³-hybridized carbons (Fsp3) is 0.300. The second kappa shape index (κ2) is 9.15. The molecule has 0 unspecified atom stereocenters. The van der Waals surface area contributed by atoms with Crippen molar-refractivity contribution in [3.63, 3.8) is 0 Å². The molecule has 1 aliphatic heterocycles. The van der Waals surface area contributed by atoms with Gasteiger partial charge in [0.25, 0.3) is 0 Å². The third-order valence-corrected chi connectivity index (χ3v) is 7.40. The molecule has 30 heavy (non-hydrogen) atoms. The third-order valence-electron chi connectivity index (χ3n) is 5.48. The number of aliphatic carboxylic acids is 1. The molecule has 1 aliphatic rings. The van der Waals surface area contributed by atoms with Gasteiger partial charge in [-0.1, -0.05) is 0 Å². The first-order valence-corrected chi connectivity index (χ1v) is 10.6. The van der Waals surface area contributed by atoms with Crippen molar-refractivity contribution in [3.8, 4) is 0 Å². The predicted molar refractivity (Wildman–Crippen MR) is 102 cm³/mol. The number of fused-ring (bicyclic) bond motifs is 3. The fourth-order valence-corrected chi connectivity index (χ4v) is 5.37. The Kier molecular flexibility index (Phi) is 7.17. The summed E-state index contributed by atoms with van der Waals surface area (Å²) < 4.78 is 42.3. The van der Waals surface area contributed by atoms with E-state index < -0.39 is 21.8 Å². The number of aromatic nitrogens is 2. The number of carboxylic acids is 1. The van der Waals surface area contributed by atoms with Crippen LogP contribution in [0, 0.1) is 5.82 Å². The molecular weight excluding hydrogens is 436 g/mol. The molecule has 1 atom stereocenters. The van der Waals surface area contributed by atoms with E-state index in [0.717, 1.165) is 23.2 Å². The predicted octanol–water partition coefficient (Wildman–Crippen LogP) is -1.89. The zero-order valence-electron chi connectivity index (χ0n) is 16.7. The van der Waals surface area contributed by atoms with Gasteiger partial charge in [0.2, 0.25) is 10.0 Å². The van der Waals surface area contributed by atoms with Crippen LogP contribution in [0.1, 0.15) is 17.7 Å². The molecule has 0 radical (unpaired) electrons. The number of halogens is 1. The topological polar surface area (TPSA) is 95.3 Å². The van der Waals surface area contributed by atoms with Gasteiger partial charge < -0.3 is 14.5 Å². The minimum atomic E-state index is -3.79. The Morgan fingerprint density at radius 2 is 2.00 bits per heavy atom. The molecule has 2 aromatic heterocycles. The molecule has 0 bridgehead atoms. The zero-order chi connectivity index (χ0) is 20.8. The van der Waals surface area contributed by atoms with Crippen LogP contribution in [0.2, 0.25) is 0 Å². The molecule has 0 saturated heterocycles. The molecule has 0 fully saturated rings. The van der Waals surface area contributed by atoms with E-state index in [9.17, 15) is 22.7 Å². The fourth-order valence-electron chi connectivity index (χ4n) is 3.99. The Labute approximate surface area is 216 Å². The Balaban J connectivity index is 0.00000256. The summed E-state index contributed by atoms with van der Waals surface area (Å²) in [6, 6.07) is 7.96. The quantitative estimate of drug-likeness (QED) is 0.419. The first kappa shape index (κ1) is 23.5. The summed E-state index contributed by atoms with van der Waals surface area (Å²) in [4.78, 5) is 15.6. The van der Waals surface area contributed by atoms with Crippen molar-refractivity contribution in [3.05, 3.63) is 59.7 Å². The van der Waals surface area contributed by atoms with Crippen molar-refractivity contribution in [1.29, 1.82) is 0 Å². The minimum absolute atomic E-state index is 0. The van der Waals surface area contributed by atoms with Crippen LogP contribution in [0.15, 0.2) is 47.5 Å². The molecule has 4 rings (SSSR count). The monoisotopic (exact) mass is 455 g/mol.